The van der Waals surface area contributed by atoms with Crippen LogP contribution in [-0.4, -0.2) is 35.0 Å². The Morgan fingerprint density at radius 2 is 1.84 bits per heavy atom. The fraction of sp³-hybridized carbons (Fsp3) is 0.389. The average Bonchev–Trinajstić information content (AvgIpc) is 2.49. The number of nitrogens with one attached hydrogen (secondary N) is 2. The molecule has 136 valence electrons. The van der Waals surface area contributed by atoms with E-state index >= 15 is 0 Å². The van der Waals surface area contributed by atoms with Crippen molar-refractivity contribution in [3.05, 3.63) is 47.3 Å². The van der Waals surface area contributed by atoms with Crippen molar-refractivity contribution in [3.63, 3.8) is 0 Å². The summed E-state index contributed by atoms with van der Waals surface area (Å²) in [5, 5.41) is 14.1. The first-order valence-electron chi connectivity index (χ1n) is 7.87. The van der Waals surface area contributed by atoms with Crippen molar-refractivity contribution in [2.45, 2.75) is 45.7 Å². The maximum Gasteiger partial charge on any atom is 0.326 e. The zero-order valence-corrected chi connectivity index (χ0v) is 14.5. The highest BCUT2D eigenvalue weighted by Crippen LogP contribution is 2.08. The van der Waals surface area contributed by atoms with E-state index in [1.165, 1.54) is 25.1 Å². The third kappa shape index (κ3) is 7.60. The number of carboxylic acid groups (broad SMARTS) is 1. The van der Waals surface area contributed by atoms with Crippen LogP contribution in [0.1, 0.15) is 32.8 Å². The minimum atomic E-state index is -1.17. The summed E-state index contributed by atoms with van der Waals surface area (Å²) in [6, 6.07) is 3.57. The minimum Gasteiger partial charge on any atom is -0.480 e. The van der Waals surface area contributed by atoms with Gasteiger partial charge in [0.2, 0.25) is 11.8 Å². The Kier molecular flexibility index (Phi) is 7.78. The molecule has 0 aromatic heterocycles. The molecule has 0 saturated carbocycles. The Morgan fingerprint density at radius 1 is 1.16 bits per heavy atom. The quantitative estimate of drug-likeness (QED) is 0.623. The zero-order valence-electron chi connectivity index (χ0n) is 14.5. The van der Waals surface area contributed by atoms with Crippen molar-refractivity contribution in [2.75, 3.05) is 0 Å². The zero-order chi connectivity index (χ0) is 19.0. The number of aliphatic carboxylic acids is 1. The van der Waals surface area contributed by atoms with Gasteiger partial charge in [0.25, 0.3) is 0 Å². The summed E-state index contributed by atoms with van der Waals surface area (Å²) < 4.78 is 13.3. The van der Waals surface area contributed by atoms with E-state index in [0.29, 0.717) is 5.56 Å². The molecule has 0 spiro atoms. The van der Waals surface area contributed by atoms with E-state index in [2.05, 4.69) is 10.6 Å². The molecule has 0 aliphatic heterocycles. The van der Waals surface area contributed by atoms with Gasteiger partial charge in [-0.3, -0.25) is 9.59 Å². The number of amides is 2. The smallest absolute Gasteiger partial charge is 0.326 e. The second-order valence-electron chi connectivity index (χ2n) is 6.00. The predicted octanol–water partition coefficient (Wildman–Crippen LogP) is 1.80. The Labute approximate surface area is 146 Å². The van der Waals surface area contributed by atoms with Gasteiger partial charge in [0.1, 0.15) is 17.9 Å². The van der Waals surface area contributed by atoms with Gasteiger partial charge in [-0.25, -0.2) is 9.18 Å². The fourth-order valence-corrected chi connectivity index (χ4v) is 2.20. The number of carbonyl (C=O) groups is 3. The number of allylic oxidation sites excluding steroid dienone is 1. The predicted molar refractivity (Wildman–Crippen MR) is 91.3 cm³/mol. The van der Waals surface area contributed by atoms with Crippen LogP contribution < -0.4 is 10.6 Å². The van der Waals surface area contributed by atoms with Crippen LogP contribution in [-0.2, 0) is 20.8 Å². The minimum absolute atomic E-state index is 0.0537. The van der Waals surface area contributed by atoms with Crippen molar-refractivity contribution < 1.29 is 23.9 Å². The number of carbonyl (C=O) groups excluding carboxylic acids is 2. The van der Waals surface area contributed by atoms with Crippen LogP contribution in [0.4, 0.5) is 4.39 Å². The lowest BCUT2D eigenvalue weighted by atomic mass is 10.0. The second-order valence-corrected chi connectivity index (χ2v) is 6.00. The van der Waals surface area contributed by atoms with E-state index < -0.39 is 35.7 Å². The third-order valence-corrected chi connectivity index (χ3v) is 3.40. The Balaban J connectivity index is 2.89. The number of benzene rings is 1. The molecule has 0 saturated heterocycles. The van der Waals surface area contributed by atoms with Gasteiger partial charge in [-0.2, -0.15) is 0 Å². The fourth-order valence-electron chi connectivity index (χ4n) is 2.20. The van der Waals surface area contributed by atoms with Crippen molar-refractivity contribution in [1.82, 2.24) is 10.6 Å². The first-order chi connectivity index (χ1) is 11.7. The molecule has 6 nitrogen and oxygen atoms in total. The molecule has 1 aromatic rings. The summed E-state index contributed by atoms with van der Waals surface area (Å²) in [6.07, 6.45) is 1.90. The molecule has 0 heterocycles. The summed E-state index contributed by atoms with van der Waals surface area (Å²) in [5.41, 5.74) is 1.45. The topological polar surface area (TPSA) is 95.5 Å². The van der Waals surface area contributed by atoms with Crippen LogP contribution in [0.2, 0.25) is 0 Å². The monoisotopic (exact) mass is 350 g/mol. The summed E-state index contributed by atoms with van der Waals surface area (Å²) in [5.74, 6) is -2.69. The van der Waals surface area contributed by atoms with Gasteiger partial charge in [0.15, 0.2) is 0 Å². The maximum absolute atomic E-state index is 13.3. The molecule has 2 amide bonds. The Bertz CT molecular complexity index is 669. The van der Waals surface area contributed by atoms with Gasteiger partial charge in [0.05, 0.1) is 0 Å². The molecule has 3 N–H and O–H groups in total. The molecule has 1 rings (SSSR count). The summed E-state index contributed by atoms with van der Waals surface area (Å²) in [6.45, 7) is 4.90. The molecule has 7 heteroatoms. The van der Waals surface area contributed by atoms with Gasteiger partial charge >= 0.3 is 5.97 Å². The van der Waals surface area contributed by atoms with E-state index in [-0.39, 0.29) is 12.8 Å². The maximum atomic E-state index is 13.3. The highest BCUT2D eigenvalue weighted by Gasteiger charge is 2.25. The number of halogens is 1. The number of carboxylic acids is 1. The Morgan fingerprint density at radius 3 is 2.36 bits per heavy atom. The molecule has 1 aromatic carbocycles. The van der Waals surface area contributed by atoms with E-state index in [4.69, 9.17) is 0 Å². The third-order valence-electron chi connectivity index (χ3n) is 3.40. The highest BCUT2D eigenvalue weighted by molar-refractivity contribution is 5.90. The normalized spacial score (nSPS) is 12.6. The number of rotatable bonds is 8. The van der Waals surface area contributed by atoms with Crippen molar-refractivity contribution in [3.8, 4) is 0 Å². The van der Waals surface area contributed by atoms with E-state index in [9.17, 15) is 23.9 Å². The molecule has 2 atom stereocenters. The average molecular weight is 350 g/mol. The molecule has 0 radical (unpaired) electrons. The van der Waals surface area contributed by atoms with E-state index in [0.717, 1.165) is 5.57 Å². The summed E-state index contributed by atoms with van der Waals surface area (Å²) in [4.78, 5) is 35.1. The first-order valence-corrected chi connectivity index (χ1v) is 7.87. The van der Waals surface area contributed by atoms with Gasteiger partial charge in [-0.15, -0.1) is 0 Å². The SMILES string of the molecule is CC(=O)N[C@H](Cc1cccc(F)c1)C(=O)N[C@H](CC=C(C)C)C(=O)O. The number of hydrogen-bond acceptors (Lipinski definition) is 3. The molecule has 0 aliphatic carbocycles. The van der Waals surface area contributed by atoms with Crippen LogP contribution in [0.25, 0.3) is 0 Å². The summed E-state index contributed by atoms with van der Waals surface area (Å²) in [7, 11) is 0. The van der Waals surface area contributed by atoms with Gasteiger partial charge < -0.3 is 15.7 Å². The van der Waals surface area contributed by atoms with Crippen LogP contribution in [0.5, 0.6) is 0 Å². The molecule has 0 unspecified atom stereocenters. The van der Waals surface area contributed by atoms with Crippen molar-refractivity contribution in [2.24, 2.45) is 0 Å². The molecule has 0 aliphatic rings. The van der Waals surface area contributed by atoms with Gasteiger partial charge in [-0.05, 0) is 38.0 Å². The molecule has 0 fully saturated rings. The van der Waals surface area contributed by atoms with E-state index in [1.54, 1.807) is 12.1 Å². The van der Waals surface area contributed by atoms with Crippen LogP contribution in [0.15, 0.2) is 35.9 Å². The van der Waals surface area contributed by atoms with Crippen LogP contribution >= 0.6 is 0 Å². The summed E-state index contributed by atoms with van der Waals surface area (Å²) >= 11 is 0. The molecule has 25 heavy (non-hydrogen) atoms. The largest absolute Gasteiger partial charge is 0.480 e. The van der Waals surface area contributed by atoms with Crippen LogP contribution in [0, 0.1) is 5.82 Å². The lowest BCUT2D eigenvalue weighted by Crippen LogP contribution is -2.52. The highest BCUT2D eigenvalue weighted by atomic mass is 19.1. The van der Waals surface area contributed by atoms with Crippen molar-refractivity contribution in [1.29, 1.82) is 0 Å². The van der Waals surface area contributed by atoms with Crippen LogP contribution in [0.3, 0.4) is 0 Å². The van der Waals surface area contributed by atoms with Crippen molar-refractivity contribution >= 4 is 17.8 Å². The first kappa shape index (κ1) is 20.3. The Hall–Kier alpha value is -2.70. The second kappa shape index (κ2) is 9.56. The van der Waals surface area contributed by atoms with Gasteiger partial charge in [-0.1, -0.05) is 23.8 Å². The standard InChI is InChI=1S/C18H23FN2O4/c1-11(2)7-8-15(18(24)25)21-17(23)16(20-12(3)22)10-13-5-4-6-14(19)9-13/h4-7,9,15-16H,8,10H2,1-3H3,(H,20,22)(H,21,23)(H,24,25)/t15-,16-/m1/s1. The van der Waals surface area contributed by atoms with E-state index in [1.807, 2.05) is 13.8 Å². The molecule has 0 bridgehead atoms. The molecular formula is C18H23FN2O4. The molecular weight excluding hydrogens is 327 g/mol. The van der Waals surface area contributed by atoms with Gasteiger partial charge in [0, 0.05) is 13.3 Å². The lowest BCUT2D eigenvalue weighted by Gasteiger charge is -2.20. The lowest BCUT2D eigenvalue weighted by molar-refractivity contribution is -0.142. The number of hydrogen-bond donors (Lipinski definition) is 3.